The summed E-state index contributed by atoms with van der Waals surface area (Å²) in [4.78, 5) is 2.46. The molecule has 1 aliphatic rings. The number of hydrogen-bond donors (Lipinski definition) is 0. The number of rotatable bonds is 7. The standard InChI is InChI=1S/C26H29NO2/c1-2-10-18-27(17-9-1)25-19-24(28-20-22-11-5-3-6-12-22)15-16-26(25)29-21-23-13-7-4-8-14-23/h3-8,11-16,19H,1-2,9-10,17-18,20-21H2. The van der Waals surface area contributed by atoms with Gasteiger partial charge >= 0.3 is 0 Å². The van der Waals surface area contributed by atoms with Gasteiger partial charge in [0.1, 0.15) is 24.7 Å². The van der Waals surface area contributed by atoms with Crippen molar-refractivity contribution < 1.29 is 9.47 Å². The third-order valence-electron chi connectivity index (χ3n) is 5.36. The number of benzene rings is 3. The molecule has 3 nitrogen and oxygen atoms in total. The zero-order valence-corrected chi connectivity index (χ0v) is 16.9. The molecule has 3 heteroatoms. The van der Waals surface area contributed by atoms with Gasteiger partial charge in [0, 0.05) is 19.2 Å². The van der Waals surface area contributed by atoms with Gasteiger partial charge in [0.05, 0.1) is 5.69 Å². The molecule has 0 atom stereocenters. The van der Waals surface area contributed by atoms with Crippen LogP contribution in [0.3, 0.4) is 0 Å². The van der Waals surface area contributed by atoms with E-state index >= 15 is 0 Å². The fraction of sp³-hybridized carbons (Fsp3) is 0.308. The summed E-state index contributed by atoms with van der Waals surface area (Å²) in [7, 11) is 0. The van der Waals surface area contributed by atoms with Gasteiger partial charge in [-0.1, -0.05) is 73.5 Å². The lowest BCUT2D eigenvalue weighted by atomic mass is 10.2. The minimum atomic E-state index is 0.574. The lowest BCUT2D eigenvalue weighted by Crippen LogP contribution is -2.24. The van der Waals surface area contributed by atoms with Crippen molar-refractivity contribution in [1.82, 2.24) is 0 Å². The molecule has 0 unspecified atom stereocenters. The summed E-state index contributed by atoms with van der Waals surface area (Å²) < 4.78 is 12.3. The summed E-state index contributed by atoms with van der Waals surface area (Å²) >= 11 is 0. The first-order valence-corrected chi connectivity index (χ1v) is 10.6. The van der Waals surface area contributed by atoms with Gasteiger partial charge in [-0.3, -0.25) is 0 Å². The third kappa shape index (κ3) is 5.54. The molecule has 0 saturated carbocycles. The second kappa shape index (κ2) is 10.0. The molecule has 0 N–H and O–H groups in total. The van der Waals surface area contributed by atoms with Crippen molar-refractivity contribution in [2.24, 2.45) is 0 Å². The highest BCUT2D eigenvalue weighted by Gasteiger charge is 2.16. The summed E-state index contributed by atoms with van der Waals surface area (Å²) in [6, 6.07) is 26.9. The van der Waals surface area contributed by atoms with Gasteiger partial charge in [-0.25, -0.2) is 0 Å². The van der Waals surface area contributed by atoms with E-state index < -0.39 is 0 Å². The highest BCUT2D eigenvalue weighted by atomic mass is 16.5. The predicted molar refractivity (Wildman–Crippen MR) is 119 cm³/mol. The molecule has 0 spiro atoms. The van der Waals surface area contributed by atoms with E-state index in [1.165, 1.54) is 36.8 Å². The lowest BCUT2D eigenvalue weighted by molar-refractivity contribution is 0.297. The smallest absolute Gasteiger partial charge is 0.143 e. The van der Waals surface area contributed by atoms with Gasteiger partial charge < -0.3 is 14.4 Å². The molecule has 0 amide bonds. The Labute approximate surface area is 173 Å². The van der Waals surface area contributed by atoms with Crippen molar-refractivity contribution >= 4 is 5.69 Å². The molecule has 0 aromatic heterocycles. The molecule has 1 saturated heterocycles. The SMILES string of the molecule is c1ccc(COc2ccc(OCc3ccccc3)c(N3CCCCCC3)c2)cc1. The van der Waals surface area contributed by atoms with Crippen molar-refractivity contribution in [3.05, 3.63) is 90.0 Å². The first-order valence-electron chi connectivity index (χ1n) is 10.6. The van der Waals surface area contributed by atoms with Crippen molar-refractivity contribution in [1.29, 1.82) is 0 Å². The van der Waals surface area contributed by atoms with Crippen LogP contribution in [0, 0.1) is 0 Å². The van der Waals surface area contributed by atoms with Crippen LogP contribution in [0.4, 0.5) is 5.69 Å². The van der Waals surface area contributed by atoms with E-state index in [-0.39, 0.29) is 0 Å². The Morgan fingerprint density at radius 2 is 1.21 bits per heavy atom. The molecule has 150 valence electrons. The molecule has 4 rings (SSSR count). The molecule has 1 fully saturated rings. The molecular formula is C26H29NO2. The van der Waals surface area contributed by atoms with Crippen LogP contribution in [0.1, 0.15) is 36.8 Å². The third-order valence-corrected chi connectivity index (χ3v) is 5.36. The van der Waals surface area contributed by atoms with Gasteiger partial charge in [0.2, 0.25) is 0 Å². The van der Waals surface area contributed by atoms with E-state index in [1.54, 1.807) is 0 Å². The Bertz CT molecular complexity index is 872. The average Bonchev–Trinajstić information content (AvgIpc) is 3.07. The second-order valence-electron chi connectivity index (χ2n) is 7.58. The highest BCUT2D eigenvalue weighted by molar-refractivity contribution is 5.62. The zero-order chi connectivity index (χ0) is 19.7. The Hall–Kier alpha value is -2.94. The Balaban J connectivity index is 1.52. The van der Waals surface area contributed by atoms with Gasteiger partial charge in [0.15, 0.2) is 0 Å². The van der Waals surface area contributed by atoms with Crippen LogP contribution >= 0.6 is 0 Å². The van der Waals surface area contributed by atoms with Gasteiger partial charge in [0.25, 0.3) is 0 Å². The van der Waals surface area contributed by atoms with E-state index in [0.717, 1.165) is 30.3 Å². The molecule has 1 aliphatic heterocycles. The van der Waals surface area contributed by atoms with Crippen LogP contribution in [0.25, 0.3) is 0 Å². The van der Waals surface area contributed by atoms with E-state index in [1.807, 2.05) is 30.3 Å². The quantitative estimate of drug-likeness (QED) is 0.480. The first kappa shape index (κ1) is 19.4. The van der Waals surface area contributed by atoms with Crippen molar-refractivity contribution in [2.75, 3.05) is 18.0 Å². The number of hydrogen-bond acceptors (Lipinski definition) is 3. The molecule has 0 bridgehead atoms. The highest BCUT2D eigenvalue weighted by Crippen LogP contribution is 2.35. The predicted octanol–water partition coefficient (Wildman–Crippen LogP) is 6.23. The van der Waals surface area contributed by atoms with E-state index in [9.17, 15) is 0 Å². The fourth-order valence-corrected chi connectivity index (χ4v) is 3.74. The molecule has 0 radical (unpaired) electrons. The van der Waals surface area contributed by atoms with Gasteiger partial charge in [-0.2, -0.15) is 0 Å². The van der Waals surface area contributed by atoms with E-state index in [4.69, 9.17) is 9.47 Å². The summed E-state index contributed by atoms with van der Waals surface area (Å²) in [5.74, 6) is 1.82. The average molecular weight is 388 g/mol. The van der Waals surface area contributed by atoms with Crippen molar-refractivity contribution in [3.63, 3.8) is 0 Å². The maximum atomic E-state index is 6.24. The lowest BCUT2D eigenvalue weighted by Gasteiger charge is -2.26. The van der Waals surface area contributed by atoms with Crippen LogP contribution in [0.15, 0.2) is 78.9 Å². The van der Waals surface area contributed by atoms with Crippen LogP contribution in [0.2, 0.25) is 0 Å². The summed E-state index contributed by atoms with van der Waals surface area (Å²) in [5.41, 5.74) is 3.50. The number of anilines is 1. The molecule has 1 heterocycles. The van der Waals surface area contributed by atoms with E-state index in [2.05, 4.69) is 53.4 Å². The van der Waals surface area contributed by atoms with Crippen LogP contribution < -0.4 is 14.4 Å². The largest absolute Gasteiger partial charge is 0.489 e. The fourth-order valence-electron chi connectivity index (χ4n) is 3.74. The van der Waals surface area contributed by atoms with Crippen molar-refractivity contribution in [2.45, 2.75) is 38.9 Å². The van der Waals surface area contributed by atoms with Crippen LogP contribution in [-0.4, -0.2) is 13.1 Å². The second-order valence-corrected chi connectivity index (χ2v) is 7.58. The maximum Gasteiger partial charge on any atom is 0.143 e. The zero-order valence-electron chi connectivity index (χ0n) is 16.9. The monoisotopic (exact) mass is 387 g/mol. The summed E-state index contributed by atoms with van der Waals surface area (Å²) in [5, 5.41) is 0. The molecule has 29 heavy (non-hydrogen) atoms. The Morgan fingerprint density at radius 1 is 0.621 bits per heavy atom. The van der Waals surface area contributed by atoms with Crippen LogP contribution in [-0.2, 0) is 13.2 Å². The topological polar surface area (TPSA) is 21.7 Å². The summed E-state index contributed by atoms with van der Waals surface area (Å²) in [6.07, 6.45) is 5.07. The first-order chi connectivity index (χ1) is 14.4. The molecule has 3 aromatic carbocycles. The van der Waals surface area contributed by atoms with E-state index in [0.29, 0.717) is 13.2 Å². The number of ether oxygens (including phenoxy) is 2. The molecule has 0 aliphatic carbocycles. The molecular weight excluding hydrogens is 358 g/mol. The van der Waals surface area contributed by atoms with Crippen LogP contribution in [0.5, 0.6) is 11.5 Å². The van der Waals surface area contributed by atoms with Gasteiger partial charge in [-0.15, -0.1) is 0 Å². The van der Waals surface area contributed by atoms with Gasteiger partial charge in [-0.05, 0) is 36.1 Å². The number of nitrogens with zero attached hydrogens (tertiary/aromatic N) is 1. The minimum absolute atomic E-state index is 0.574. The Morgan fingerprint density at radius 3 is 1.83 bits per heavy atom. The normalized spacial score (nSPS) is 14.3. The van der Waals surface area contributed by atoms with Crippen molar-refractivity contribution in [3.8, 4) is 11.5 Å². The molecule has 3 aromatic rings. The maximum absolute atomic E-state index is 6.24. The Kier molecular flexibility index (Phi) is 6.69. The summed E-state index contributed by atoms with van der Waals surface area (Å²) in [6.45, 7) is 3.30. The minimum Gasteiger partial charge on any atom is -0.489 e.